The normalized spacial score (nSPS) is 12.6. The summed E-state index contributed by atoms with van der Waals surface area (Å²) < 4.78 is 3.32. The fraction of sp³-hybridized carbons (Fsp3) is 0.500. The molecule has 208 valence electrons. The molecule has 2 atom stereocenters. The number of hydrogen-bond donors (Lipinski definition) is 2. The van der Waals surface area contributed by atoms with Gasteiger partial charge in [-0.2, -0.15) is 0 Å². The summed E-state index contributed by atoms with van der Waals surface area (Å²) in [7, 11) is 0. The van der Waals surface area contributed by atoms with Crippen LogP contribution in [0.4, 0.5) is 0 Å². The fourth-order valence-electron chi connectivity index (χ4n) is 3.69. The van der Waals surface area contributed by atoms with Crippen molar-refractivity contribution in [3.8, 4) is 0 Å². The number of thiazole rings is 1. The van der Waals surface area contributed by atoms with Crippen LogP contribution in [0.25, 0.3) is 10.2 Å². The minimum absolute atomic E-state index is 0.0785. The molecule has 6 nitrogen and oxygen atoms in total. The van der Waals surface area contributed by atoms with Gasteiger partial charge in [-0.15, -0.1) is 11.3 Å². The molecule has 0 fully saturated rings. The highest BCUT2D eigenvalue weighted by molar-refractivity contribution is 7.97. The van der Waals surface area contributed by atoms with Gasteiger partial charge >= 0.3 is 0 Å². The molecule has 0 saturated carbocycles. The van der Waals surface area contributed by atoms with Crippen LogP contribution in [-0.2, 0) is 16.0 Å². The molecule has 1 aromatic heterocycles. The molecule has 0 aliphatic heterocycles. The van der Waals surface area contributed by atoms with Gasteiger partial charge in [-0.3, -0.25) is 9.59 Å². The van der Waals surface area contributed by atoms with E-state index in [0.717, 1.165) is 47.3 Å². The Morgan fingerprint density at radius 3 is 2.50 bits per heavy atom. The molecule has 0 saturated heterocycles. The first-order valence-electron chi connectivity index (χ1n) is 13.6. The zero-order valence-corrected chi connectivity index (χ0v) is 24.8. The van der Waals surface area contributed by atoms with Crippen molar-refractivity contribution in [2.45, 2.75) is 89.7 Å². The summed E-state index contributed by atoms with van der Waals surface area (Å²) in [6.07, 6.45) is 4.65. The Hall–Kier alpha value is -2.26. The van der Waals surface area contributed by atoms with Gasteiger partial charge in [0.2, 0.25) is 5.91 Å². The van der Waals surface area contributed by atoms with E-state index in [1.165, 1.54) is 5.56 Å². The van der Waals surface area contributed by atoms with Crippen LogP contribution in [0.1, 0.15) is 71.8 Å². The Morgan fingerprint density at radius 2 is 1.84 bits per heavy atom. The van der Waals surface area contributed by atoms with Crippen LogP contribution in [0.3, 0.4) is 0 Å². The number of benzene rings is 2. The molecule has 0 radical (unpaired) electrons. The topological polar surface area (TPSA) is 82.5 Å². The van der Waals surface area contributed by atoms with Gasteiger partial charge in [0.05, 0.1) is 27.9 Å². The number of aliphatic hydroxyl groups is 1. The van der Waals surface area contributed by atoms with E-state index in [0.29, 0.717) is 13.0 Å². The molecule has 0 spiro atoms. The summed E-state index contributed by atoms with van der Waals surface area (Å²) in [5, 5.41) is 13.5. The summed E-state index contributed by atoms with van der Waals surface area (Å²) in [6.45, 7) is 9.25. The van der Waals surface area contributed by atoms with E-state index in [1.54, 1.807) is 30.2 Å². The number of nitrogens with one attached hydrogen (secondary N) is 1. The lowest BCUT2D eigenvalue weighted by Gasteiger charge is -2.27. The predicted molar refractivity (Wildman–Crippen MR) is 161 cm³/mol. The number of aliphatic hydroxyl groups excluding tert-OH is 1. The second-order valence-corrected chi connectivity index (χ2v) is 11.4. The second-order valence-electron chi connectivity index (χ2n) is 9.32. The van der Waals surface area contributed by atoms with Gasteiger partial charge < -0.3 is 10.4 Å². The van der Waals surface area contributed by atoms with Gasteiger partial charge in [-0.1, -0.05) is 63.9 Å². The van der Waals surface area contributed by atoms with E-state index in [1.807, 2.05) is 24.6 Å². The molecule has 3 rings (SSSR count). The van der Waals surface area contributed by atoms with Crippen molar-refractivity contribution in [1.82, 2.24) is 14.6 Å². The highest BCUT2D eigenvalue weighted by Gasteiger charge is 2.21. The van der Waals surface area contributed by atoms with Crippen LogP contribution in [0.2, 0.25) is 0 Å². The number of carbonyl (C=O) groups is 2. The number of nitrogens with zero attached hydrogens (tertiary/aromatic N) is 2. The second kappa shape index (κ2) is 18.1. The van der Waals surface area contributed by atoms with Crippen LogP contribution < -0.4 is 5.32 Å². The van der Waals surface area contributed by atoms with Crippen LogP contribution in [0.5, 0.6) is 0 Å². The van der Waals surface area contributed by atoms with Gasteiger partial charge in [0.1, 0.15) is 5.78 Å². The molecule has 1 heterocycles. The number of aromatic nitrogens is 1. The van der Waals surface area contributed by atoms with Crippen molar-refractivity contribution in [2.24, 2.45) is 0 Å². The Labute approximate surface area is 236 Å². The lowest BCUT2D eigenvalue weighted by atomic mass is 10.1. The number of ketones is 1. The quantitative estimate of drug-likeness (QED) is 0.160. The standard InChI is InChI=1S/C22H33N3O3S2.C8H10/c1-4-6-7-12-25(30-18-9-10-19-21(13-18)29-15-23-19)14-20(27)16(3)24-22(28)11-8-17(26)5-2;1-2-8-6-4-3-5-7-8/h9-10,13,15-16,20,27H,4-8,11-12,14H2,1-3H3,(H,24,28);3-7H,2H2,1H3. The maximum atomic E-state index is 12.1. The number of Topliss-reactive ketones (excluding diaryl/α,β-unsaturated/α-hetero) is 1. The number of carbonyl (C=O) groups excluding carboxylic acids is 2. The van der Waals surface area contributed by atoms with Crippen molar-refractivity contribution < 1.29 is 14.7 Å². The van der Waals surface area contributed by atoms with E-state index < -0.39 is 6.10 Å². The van der Waals surface area contributed by atoms with E-state index in [9.17, 15) is 14.7 Å². The Morgan fingerprint density at radius 1 is 1.08 bits per heavy atom. The van der Waals surface area contributed by atoms with Crippen molar-refractivity contribution in [2.75, 3.05) is 13.1 Å². The van der Waals surface area contributed by atoms with Gasteiger partial charge in [0, 0.05) is 37.2 Å². The highest BCUT2D eigenvalue weighted by atomic mass is 32.2. The maximum absolute atomic E-state index is 12.1. The summed E-state index contributed by atoms with van der Waals surface area (Å²) >= 11 is 3.25. The van der Waals surface area contributed by atoms with E-state index in [4.69, 9.17) is 0 Å². The Bertz CT molecular complexity index is 1090. The van der Waals surface area contributed by atoms with E-state index in [2.05, 4.69) is 64.9 Å². The minimum atomic E-state index is -0.697. The molecule has 0 aliphatic rings. The largest absolute Gasteiger partial charge is 0.390 e. The van der Waals surface area contributed by atoms with Crippen molar-refractivity contribution in [1.29, 1.82) is 0 Å². The lowest BCUT2D eigenvalue weighted by Crippen LogP contribution is -2.45. The number of unbranched alkanes of at least 4 members (excludes halogenated alkanes) is 2. The number of hydrogen-bond acceptors (Lipinski definition) is 7. The summed E-state index contributed by atoms with van der Waals surface area (Å²) in [5.74, 6) is -0.112. The van der Waals surface area contributed by atoms with Crippen molar-refractivity contribution in [3.05, 3.63) is 59.6 Å². The van der Waals surface area contributed by atoms with Crippen molar-refractivity contribution in [3.63, 3.8) is 0 Å². The van der Waals surface area contributed by atoms with Crippen LogP contribution in [0.15, 0.2) is 58.9 Å². The Kier molecular flexibility index (Phi) is 15.2. The average Bonchev–Trinajstić information content (AvgIpc) is 3.40. The van der Waals surface area contributed by atoms with Crippen LogP contribution in [-0.4, -0.2) is 51.3 Å². The molecule has 0 aliphatic carbocycles. The van der Waals surface area contributed by atoms with Crippen LogP contribution >= 0.6 is 23.3 Å². The molecule has 2 unspecified atom stereocenters. The summed E-state index contributed by atoms with van der Waals surface area (Å²) in [5.41, 5.74) is 4.26. The molecular weight excluding hydrogens is 514 g/mol. The zero-order chi connectivity index (χ0) is 27.8. The third kappa shape index (κ3) is 12.1. The van der Waals surface area contributed by atoms with Gasteiger partial charge in [-0.05, 0) is 55.5 Å². The van der Waals surface area contributed by atoms with E-state index >= 15 is 0 Å². The first-order chi connectivity index (χ1) is 18.4. The first-order valence-corrected chi connectivity index (χ1v) is 15.3. The van der Waals surface area contributed by atoms with Crippen LogP contribution in [0, 0.1) is 0 Å². The smallest absolute Gasteiger partial charge is 0.220 e. The zero-order valence-electron chi connectivity index (χ0n) is 23.2. The fourth-order valence-corrected chi connectivity index (χ4v) is 5.52. The molecule has 3 aromatic rings. The molecular formula is C30H43N3O3S2. The highest BCUT2D eigenvalue weighted by Crippen LogP contribution is 2.28. The number of amides is 1. The molecule has 1 amide bonds. The SMILES string of the molecule is CCCCCN(CC(O)C(C)NC(=O)CCC(=O)CC)Sc1ccc2ncsc2c1.CCc1ccccc1. The third-order valence-electron chi connectivity index (χ3n) is 6.18. The summed E-state index contributed by atoms with van der Waals surface area (Å²) in [6, 6.07) is 16.3. The molecule has 2 aromatic carbocycles. The number of rotatable bonds is 15. The number of aryl methyl sites for hydroxylation is 1. The summed E-state index contributed by atoms with van der Waals surface area (Å²) in [4.78, 5) is 28.9. The molecule has 0 bridgehead atoms. The maximum Gasteiger partial charge on any atom is 0.220 e. The lowest BCUT2D eigenvalue weighted by molar-refractivity contribution is -0.126. The van der Waals surface area contributed by atoms with Gasteiger partial charge in [0.25, 0.3) is 0 Å². The average molecular weight is 558 g/mol. The van der Waals surface area contributed by atoms with Crippen molar-refractivity contribution >= 4 is 45.2 Å². The Balaban J connectivity index is 0.000000538. The van der Waals surface area contributed by atoms with Gasteiger partial charge in [0.15, 0.2) is 0 Å². The monoisotopic (exact) mass is 557 g/mol. The molecule has 38 heavy (non-hydrogen) atoms. The first kappa shape index (κ1) is 32.0. The minimum Gasteiger partial charge on any atom is -0.390 e. The predicted octanol–water partition coefficient (Wildman–Crippen LogP) is 6.67. The third-order valence-corrected chi connectivity index (χ3v) is 8.03. The van der Waals surface area contributed by atoms with E-state index in [-0.39, 0.29) is 30.6 Å². The number of fused-ring (bicyclic) bond motifs is 1. The molecule has 8 heteroatoms. The van der Waals surface area contributed by atoms with Gasteiger partial charge in [-0.25, -0.2) is 9.29 Å². The molecule has 2 N–H and O–H groups in total.